The van der Waals surface area contributed by atoms with Crippen LogP contribution in [0.3, 0.4) is 0 Å². The van der Waals surface area contributed by atoms with Gasteiger partial charge in [-0.1, -0.05) is 19.3 Å². The van der Waals surface area contributed by atoms with Crippen LogP contribution in [0.15, 0.2) is 0 Å². The van der Waals surface area contributed by atoms with Crippen LogP contribution in [0.1, 0.15) is 38.5 Å². The second-order valence-corrected chi connectivity index (χ2v) is 6.21. The zero-order chi connectivity index (χ0) is 10.5. The van der Waals surface area contributed by atoms with Crippen molar-refractivity contribution in [2.24, 2.45) is 11.7 Å². The lowest BCUT2D eigenvalue weighted by Gasteiger charge is -2.24. The highest BCUT2D eigenvalue weighted by Gasteiger charge is 2.24. The molecule has 2 atom stereocenters. The van der Waals surface area contributed by atoms with E-state index < -0.39 is 0 Å². The third kappa shape index (κ3) is 3.65. The van der Waals surface area contributed by atoms with Crippen molar-refractivity contribution in [1.29, 1.82) is 0 Å². The summed E-state index contributed by atoms with van der Waals surface area (Å²) in [5.41, 5.74) is 6.20. The standard InChI is InChI=1S/C12H23NOS/c13-12(10-6-7-14-8-10)9-15-11-4-2-1-3-5-11/h10-12H,1-9,13H2. The first-order valence-electron chi connectivity index (χ1n) is 6.31. The summed E-state index contributed by atoms with van der Waals surface area (Å²) >= 11 is 2.11. The van der Waals surface area contributed by atoms with Crippen molar-refractivity contribution in [2.45, 2.75) is 49.8 Å². The predicted molar refractivity (Wildman–Crippen MR) is 66.2 cm³/mol. The molecule has 0 amide bonds. The van der Waals surface area contributed by atoms with Gasteiger partial charge < -0.3 is 10.5 Å². The van der Waals surface area contributed by atoms with Gasteiger partial charge in [-0.15, -0.1) is 0 Å². The fourth-order valence-corrected chi connectivity index (χ4v) is 3.94. The lowest BCUT2D eigenvalue weighted by atomic mass is 10.0. The van der Waals surface area contributed by atoms with Crippen LogP contribution < -0.4 is 5.73 Å². The van der Waals surface area contributed by atoms with Gasteiger partial charge in [0.2, 0.25) is 0 Å². The number of thioether (sulfide) groups is 1. The van der Waals surface area contributed by atoms with Gasteiger partial charge in [-0.2, -0.15) is 11.8 Å². The molecule has 2 N–H and O–H groups in total. The molecule has 1 heterocycles. The van der Waals surface area contributed by atoms with Crippen molar-refractivity contribution in [2.75, 3.05) is 19.0 Å². The van der Waals surface area contributed by atoms with Gasteiger partial charge in [-0.05, 0) is 19.3 Å². The fourth-order valence-electron chi connectivity index (χ4n) is 2.51. The highest BCUT2D eigenvalue weighted by atomic mass is 32.2. The zero-order valence-electron chi connectivity index (χ0n) is 9.49. The van der Waals surface area contributed by atoms with Gasteiger partial charge in [0.05, 0.1) is 6.61 Å². The second kappa shape index (κ2) is 6.12. The third-order valence-electron chi connectivity index (χ3n) is 3.65. The van der Waals surface area contributed by atoms with Gasteiger partial charge in [0.25, 0.3) is 0 Å². The molecule has 0 aromatic heterocycles. The summed E-state index contributed by atoms with van der Waals surface area (Å²) in [4.78, 5) is 0. The van der Waals surface area contributed by atoms with Crippen molar-refractivity contribution in [3.63, 3.8) is 0 Å². The summed E-state index contributed by atoms with van der Waals surface area (Å²) < 4.78 is 5.38. The van der Waals surface area contributed by atoms with Crippen LogP contribution in [0.2, 0.25) is 0 Å². The average Bonchev–Trinajstić information content (AvgIpc) is 2.81. The largest absolute Gasteiger partial charge is 0.381 e. The number of nitrogens with two attached hydrogens (primary N) is 1. The quantitative estimate of drug-likeness (QED) is 0.804. The SMILES string of the molecule is NC(CSC1CCCCC1)C1CCOC1. The molecule has 0 bridgehead atoms. The Morgan fingerprint density at radius 3 is 2.67 bits per heavy atom. The molecule has 2 unspecified atom stereocenters. The van der Waals surface area contributed by atoms with E-state index in [1.54, 1.807) is 0 Å². The molecule has 88 valence electrons. The normalized spacial score (nSPS) is 30.6. The van der Waals surface area contributed by atoms with Gasteiger partial charge in [0.1, 0.15) is 0 Å². The summed E-state index contributed by atoms with van der Waals surface area (Å²) in [7, 11) is 0. The highest BCUT2D eigenvalue weighted by Crippen LogP contribution is 2.29. The summed E-state index contributed by atoms with van der Waals surface area (Å²) in [5, 5.41) is 0.895. The van der Waals surface area contributed by atoms with Gasteiger partial charge in [0.15, 0.2) is 0 Å². The second-order valence-electron chi connectivity index (χ2n) is 4.88. The van der Waals surface area contributed by atoms with E-state index in [0.717, 1.165) is 24.2 Å². The van der Waals surface area contributed by atoms with Gasteiger partial charge in [-0.3, -0.25) is 0 Å². The molecule has 1 aliphatic carbocycles. The van der Waals surface area contributed by atoms with E-state index in [1.807, 2.05) is 0 Å². The van der Waals surface area contributed by atoms with Crippen LogP contribution >= 0.6 is 11.8 Å². The molecule has 0 aromatic carbocycles. The number of rotatable bonds is 4. The van der Waals surface area contributed by atoms with Crippen LogP contribution in [-0.2, 0) is 4.74 Å². The molecule has 0 aromatic rings. The van der Waals surface area contributed by atoms with Crippen molar-refractivity contribution >= 4 is 11.8 Å². The Bertz CT molecular complexity index is 176. The molecule has 0 radical (unpaired) electrons. The van der Waals surface area contributed by atoms with E-state index in [4.69, 9.17) is 10.5 Å². The Morgan fingerprint density at radius 1 is 1.20 bits per heavy atom. The topological polar surface area (TPSA) is 35.2 Å². The maximum absolute atomic E-state index is 6.20. The third-order valence-corrected chi connectivity index (χ3v) is 5.17. The molecule has 2 aliphatic rings. The van der Waals surface area contributed by atoms with Crippen LogP contribution in [0.25, 0.3) is 0 Å². The van der Waals surface area contributed by atoms with E-state index in [2.05, 4.69) is 11.8 Å². The van der Waals surface area contributed by atoms with E-state index in [1.165, 1.54) is 38.5 Å². The minimum absolute atomic E-state index is 0.361. The molecule has 3 heteroatoms. The Morgan fingerprint density at radius 2 is 2.00 bits per heavy atom. The smallest absolute Gasteiger partial charge is 0.0510 e. The summed E-state index contributed by atoms with van der Waals surface area (Å²) in [5.74, 6) is 1.76. The highest BCUT2D eigenvalue weighted by molar-refractivity contribution is 7.99. The summed E-state index contributed by atoms with van der Waals surface area (Å²) in [6.07, 6.45) is 8.31. The first-order valence-corrected chi connectivity index (χ1v) is 7.36. The Balaban J connectivity index is 1.63. The molecule has 2 fully saturated rings. The average molecular weight is 229 g/mol. The monoisotopic (exact) mass is 229 g/mol. The summed E-state index contributed by atoms with van der Waals surface area (Å²) in [6.45, 7) is 1.82. The Hall–Kier alpha value is 0.270. The first-order chi connectivity index (χ1) is 7.36. The predicted octanol–water partition coefficient (Wildman–Crippen LogP) is 2.42. The Kier molecular flexibility index (Phi) is 4.79. The van der Waals surface area contributed by atoms with Crippen molar-refractivity contribution in [1.82, 2.24) is 0 Å². The van der Waals surface area contributed by atoms with E-state index in [-0.39, 0.29) is 0 Å². The molecule has 1 saturated carbocycles. The maximum Gasteiger partial charge on any atom is 0.0510 e. The van der Waals surface area contributed by atoms with E-state index >= 15 is 0 Å². The maximum atomic E-state index is 6.20. The van der Waals surface area contributed by atoms with Crippen molar-refractivity contribution in [3.8, 4) is 0 Å². The van der Waals surface area contributed by atoms with Crippen LogP contribution in [0, 0.1) is 5.92 Å². The number of hydrogen-bond donors (Lipinski definition) is 1. The van der Waals surface area contributed by atoms with Gasteiger partial charge in [0, 0.05) is 29.6 Å². The summed E-state index contributed by atoms with van der Waals surface area (Å²) in [6, 6.07) is 0.361. The molecular formula is C12H23NOS. The van der Waals surface area contributed by atoms with Crippen molar-refractivity contribution in [3.05, 3.63) is 0 Å². The van der Waals surface area contributed by atoms with E-state index in [0.29, 0.717) is 12.0 Å². The fraction of sp³-hybridized carbons (Fsp3) is 1.00. The Labute approximate surface area is 97.3 Å². The molecule has 1 saturated heterocycles. The van der Waals surface area contributed by atoms with Crippen LogP contribution in [0.5, 0.6) is 0 Å². The van der Waals surface area contributed by atoms with Gasteiger partial charge >= 0.3 is 0 Å². The molecule has 15 heavy (non-hydrogen) atoms. The zero-order valence-corrected chi connectivity index (χ0v) is 10.3. The molecule has 2 nitrogen and oxygen atoms in total. The number of hydrogen-bond acceptors (Lipinski definition) is 3. The molecule has 1 aliphatic heterocycles. The van der Waals surface area contributed by atoms with E-state index in [9.17, 15) is 0 Å². The molecular weight excluding hydrogens is 206 g/mol. The van der Waals surface area contributed by atoms with Crippen LogP contribution in [-0.4, -0.2) is 30.3 Å². The van der Waals surface area contributed by atoms with Crippen LogP contribution in [0.4, 0.5) is 0 Å². The van der Waals surface area contributed by atoms with Gasteiger partial charge in [-0.25, -0.2) is 0 Å². The lowest BCUT2D eigenvalue weighted by molar-refractivity contribution is 0.182. The minimum Gasteiger partial charge on any atom is -0.381 e. The first kappa shape index (κ1) is 11.7. The lowest BCUT2D eigenvalue weighted by Crippen LogP contribution is -2.33. The molecule has 0 spiro atoms. The number of ether oxygens (including phenoxy) is 1. The molecule has 2 rings (SSSR count). The van der Waals surface area contributed by atoms with Crippen molar-refractivity contribution < 1.29 is 4.74 Å². The minimum atomic E-state index is 0.361.